The van der Waals surface area contributed by atoms with Crippen molar-refractivity contribution in [3.63, 3.8) is 0 Å². The number of hydrogen-bond donors (Lipinski definition) is 0. The molecular formula is C17H27N3O4. The Morgan fingerprint density at radius 2 is 2.25 bits per heavy atom. The summed E-state index contributed by atoms with van der Waals surface area (Å²) in [7, 11) is 0. The molecule has 2 aliphatic rings. The van der Waals surface area contributed by atoms with Gasteiger partial charge in [-0.2, -0.15) is 4.98 Å². The molecule has 134 valence electrons. The molecule has 2 aliphatic heterocycles. The zero-order valence-corrected chi connectivity index (χ0v) is 14.6. The quantitative estimate of drug-likeness (QED) is 0.818. The van der Waals surface area contributed by atoms with E-state index < -0.39 is 6.10 Å². The van der Waals surface area contributed by atoms with E-state index in [-0.39, 0.29) is 17.9 Å². The molecule has 1 aromatic rings. The Bertz CT molecular complexity index is 542. The predicted octanol–water partition coefficient (Wildman–Crippen LogP) is 2.06. The molecule has 7 nitrogen and oxygen atoms in total. The van der Waals surface area contributed by atoms with E-state index in [4.69, 9.17) is 14.0 Å². The molecule has 7 heteroatoms. The highest BCUT2D eigenvalue weighted by Gasteiger charge is 2.30. The van der Waals surface area contributed by atoms with Gasteiger partial charge in [-0.25, -0.2) is 0 Å². The summed E-state index contributed by atoms with van der Waals surface area (Å²) in [5.41, 5.74) is 0. The minimum atomic E-state index is -0.443. The minimum Gasteiger partial charge on any atom is -0.376 e. The first kappa shape index (κ1) is 17.4. The summed E-state index contributed by atoms with van der Waals surface area (Å²) in [6.07, 6.45) is 4.93. The van der Waals surface area contributed by atoms with Crippen LogP contribution in [-0.4, -0.2) is 59.5 Å². The van der Waals surface area contributed by atoms with E-state index in [1.165, 1.54) is 6.42 Å². The maximum atomic E-state index is 12.6. The van der Waals surface area contributed by atoms with E-state index in [1.807, 2.05) is 11.8 Å². The smallest absolute Gasteiger partial charge is 0.251 e. The van der Waals surface area contributed by atoms with Crippen LogP contribution in [0, 0.1) is 6.92 Å². The molecule has 0 radical (unpaired) electrons. The first-order chi connectivity index (χ1) is 11.6. The van der Waals surface area contributed by atoms with Crippen LogP contribution in [-0.2, 0) is 14.3 Å². The number of likely N-dealkylation sites (tertiary alicyclic amines) is 1. The minimum absolute atomic E-state index is 0.0377. The summed E-state index contributed by atoms with van der Waals surface area (Å²) in [6, 6.07) is 0. The number of aromatic nitrogens is 2. The summed E-state index contributed by atoms with van der Waals surface area (Å²) in [5, 5.41) is 4.00. The summed E-state index contributed by atoms with van der Waals surface area (Å²) in [5.74, 6) is 1.46. The van der Waals surface area contributed by atoms with Crippen LogP contribution in [0.3, 0.4) is 0 Å². The molecule has 1 amide bonds. The molecule has 3 heterocycles. The van der Waals surface area contributed by atoms with Crippen LogP contribution in [0.15, 0.2) is 4.52 Å². The number of carbonyl (C=O) groups excluding carboxylic acids is 1. The van der Waals surface area contributed by atoms with Crippen LogP contribution in [0.25, 0.3) is 0 Å². The van der Waals surface area contributed by atoms with E-state index in [0.29, 0.717) is 24.9 Å². The third-order valence-corrected chi connectivity index (χ3v) is 4.80. The Morgan fingerprint density at radius 1 is 1.38 bits per heavy atom. The average molecular weight is 337 g/mol. The standard InChI is InChI=1S/C17H27N3O4/c1-12(23-11-15-7-3-4-9-22-15)17(21)20-8-5-6-14(10-20)16-18-13(2)24-19-16/h12,14-15H,3-11H2,1-2H3. The summed E-state index contributed by atoms with van der Waals surface area (Å²) >= 11 is 0. The zero-order chi connectivity index (χ0) is 16.9. The first-order valence-electron chi connectivity index (χ1n) is 8.95. The molecule has 3 atom stereocenters. The summed E-state index contributed by atoms with van der Waals surface area (Å²) < 4.78 is 16.5. The number of hydrogen-bond acceptors (Lipinski definition) is 6. The van der Waals surface area contributed by atoms with Crippen molar-refractivity contribution in [2.24, 2.45) is 0 Å². The fraction of sp³-hybridized carbons (Fsp3) is 0.824. The molecule has 2 fully saturated rings. The SMILES string of the molecule is Cc1nc(C2CCCN(C(=O)C(C)OCC3CCCCO3)C2)no1. The maximum absolute atomic E-state index is 12.6. The second kappa shape index (κ2) is 8.07. The Labute approximate surface area is 142 Å². The lowest BCUT2D eigenvalue weighted by Crippen LogP contribution is -2.45. The van der Waals surface area contributed by atoms with Crippen molar-refractivity contribution in [1.82, 2.24) is 15.0 Å². The molecule has 0 saturated carbocycles. The van der Waals surface area contributed by atoms with Crippen LogP contribution >= 0.6 is 0 Å². The molecule has 0 spiro atoms. The van der Waals surface area contributed by atoms with Gasteiger partial charge in [-0.05, 0) is 39.0 Å². The number of piperidine rings is 1. The fourth-order valence-corrected chi connectivity index (χ4v) is 3.39. The predicted molar refractivity (Wildman–Crippen MR) is 86.6 cm³/mol. The van der Waals surface area contributed by atoms with E-state index in [9.17, 15) is 4.79 Å². The third-order valence-electron chi connectivity index (χ3n) is 4.80. The van der Waals surface area contributed by atoms with Gasteiger partial charge in [0.05, 0.1) is 12.7 Å². The Balaban J connectivity index is 1.49. The normalized spacial score (nSPS) is 26.3. The average Bonchev–Trinajstić information content (AvgIpc) is 3.06. The van der Waals surface area contributed by atoms with Gasteiger partial charge in [-0.15, -0.1) is 0 Å². The number of aryl methyl sites for hydroxylation is 1. The van der Waals surface area contributed by atoms with Crippen molar-refractivity contribution in [2.45, 2.75) is 64.1 Å². The first-order valence-corrected chi connectivity index (χ1v) is 8.95. The fourth-order valence-electron chi connectivity index (χ4n) is 3.39. The molecule has 24 heavy (non-hydrogen) atoms. The molecule has 0 bridgehead atoms. The second-order valence-electron chi connectivity index (χ2n) is 6.76. The summed E-state index contributed by atoms with van der Waals surface area (Å²) in [6.45, 7) is 6.30. The lowest BCUT2D eigenvalue weighted by molar-refractivity contribution is -0.147. The van der Waals surface area contributed by atoms with E-state index in [2.05, 4.69) is 10.1 Å². The zero-order valence-electron chi connectivity index (χ0n) is 14.6. The van der Waals surface area contributed by atoms with Gasteiger partial charge in [0.1, 0.15) is 6.10 Å². The van der Waals surface area contributed by atoms with Crippen LogP contribution < -0.4 is 0 Å². The molecule has 2 saturated heterocycles. The number of amides is 1. The van der Waals surface area contributed by atoms with Crippen LogP contribution in [0.2, 0.25) is 0 Å². The highest BCUT2D eigenvalue weighted by molar-refractivity contribution is 5.80. The van der Waals surface area contributed by atoms with Gasteiger partial charge in [-0.1, -0.05) is 5.16 Å². The molecule has 1 aromatic heterocycles. The number of rotatable bonds is 5. The molecule has 0 aliphatic carbocycles. The van der Waals surface area contributed by atoms with Gasteiger partial charge in [0, 0.05) is 32.5 Å². The molecular weight excluding hydrogens is 310 g/mol. The van der Waals surface area contributed by atoms with Gasteiger partial charge >= 0.3 is 0 Å². The van der Waals surface area contributed by atoms with E-state index in [1.54, 1.807) is 6.92 Å². The topological polar surface area (TPSA) is 77.7 Å². The van der Waals surface area contributed by atoms with Crippen LogP contribution in [0.4, 0.5) is 0 Å². The summed E-state index contributed by atoms with van der Waals surface area (Å²) in [4.78, 5) is 18.8. The lowest BCUT2D eigenvalue weighted by Gasteiger charge is -2.33. The van der Waals surface area contributed by atoms with Gasteiger partial charge in [0.2, 0.25) is 5.89 Å². The van der Waals surface area contributed by atoms with Gasteiger partial charge in [0.15, 0.2) is 5.82 Å². The highest BCUT2D eigenvalue weighted by atomic mass is 16.5. The van der Waals surface area contributed by atoms with Gasteiger partial charge in [0.25, 0.3) is 5.91 Å². The van der Waals surface area contributed by atoms with E-state index in [0.717, 1.165) is 38.8 Å². The number of nitrogens with zero attached hydrogens (tertiary/aromatic N) is 3. The van der Waals surface area contributed by atoms with Gasteiger partial charge < -0.3 is 18.9 Å². The van der Waals surface area contributed by atoms with Crippen molar-refractivity contribution < 1.29 is 18.8 Å². The Morgan fingerprint density at radius 3 is 2.96 bits per heavy atom. The molecule has 0 N–H and O–H groups in total. The Hall–Kier alpha value is -1.47. The molecule has 0 aromatic carbocycles. The Kier molecular flexibility index (Phi) is 5.84. The number of ether oxygens (including phenoxy) is 2. The second-order valence-corrected chi connectivity index (χ2v) is 6.76. The molecule has 3 rings (SSSR count). The van der Waals surface area contributed by atoms with Crippen molar-refractivity contribution in [2.75, 3.05) is 26.3 Å². The van der Waals surface area contributed by atoms with E-state index >= 15 is 0 Å². The van der Waals surface area contributed by atoms with Crippen molar-refractivity contribution in [3.05, 3.63) is 11.7 Å². The van der Waals surface area contributed by atoms with Crippen molar-refractivity contribution in [3.8, 4) is 0 Å². The van der Waals surface area contributed by atoms with Crippen LogP contribution in [0.5, 0.6) is 0 Å². The highest BCUT2D eigenvalue weighted by Crippen LogP contribution is 2.25. The largest absolute Gasteiger partial charge is 0.376 e. The molecule has 3 unspecified atom stereocenters. The maximum Gasteiger partial charge on any atom is 0.251 e. The van der Waals surface area contributed by atoms with Crippen molar-refractivity contribution >= 4 is 5.91 Å². The van der Waals surface area contributed by atoms with Gasteiger partial charge in [-0.3, -0.25) is 4.79 Å². The van der Waals surface area contributed by atoms with Crippen LogP contribution in [0.1, 0.15) is 56.7 Å². The lowest BCUT2D eigenvalue weighted by atomic mass is 9.97. The van der Waals surface area contributed by atoms with Crippen molar-refractivity contribution in [1.29, 1.82) is 0 Å². The number of carbonyl (C=O) groups is 1. The monoisotopic (exact) mass is 337 g/mol. The third kappa shape index (κ3) is 4.33.